The largest absolute Gasteiger partial charge is 0.332 e. The SMILES string of the molecule is C=Cc1[nH]c(Cl)nc1N(C=C)CCCC.CN(C)CCCC1=NC(Cc2ccc(F)c(F)c2)=NC1. The summed E-state index contributed by atoms with van der Waals surface area (Å²) >= 11 is 5.80. The Morgan fingerprint density at radius 1 is 1.14 bits per heavy atom. The molecule has 0 saturated carbocycles. The maximum atomic E-state index is 13.1. The number of H-pyrrole nitrogens is 1. The van der Waals surface area contributed by atoms with Crippen LogP contribution in [0.2, 0.25) is 5.28 Å². The van der Waals surface area contributed by atoms with Gasteiger partial charge in [0.15, 0.2) is 17.5 Å². The minimum absolute atomic E-state index is 0.378. The number of benzene rings is 1. The Balaban J connectivity index is 0.000000258. The summed E-state index contributed by atoms with van der Waals surface area (Å²) in [6, 6.07) is 3.92. The van der Waals surface area contributed by atoms with Crippen LogP contribution in [-0.2, 0) is 6.42 Å². The van der Waals surface area contributed by atoms with E-state index in [1.54, 1.807) is 18.3 Å². The molecule has 2 heterocycles. The van der Waals surface area contributed by atoms with E-state index in [0.29, 0.717) is 29.6 Å². The number of rotatable bonds is 12. The van der Waals surface area contributed by atoms with Gasteiger partial charge in [0.2, 0.25) is 5.28 Å². The van der Waals surface area contributed by atoms with E-state index in [-0.39, 0.29) is 0 Å². The molecule has 0 radical (unpaired) electrons. The third-order valence-corrected chi connectivity index (χ3v) is 5.46. The van der Waals surface area contributed by atoms with Gasteiger partial charge in [-0.2, -0.15) is 4.98 Å². The zero-order valence-electron chi connectivity index (χ0n) is 20.8. The molecular weight excluding hydrogens is 470 g/mol. The number of aromatic nitrogens is 2. The van der Waals surface area contributed by atoms with Crippen molar-refractivity contribution >= 4 is 35.0 Å². The Kier molecular flexibility index (Phi) is 11.8. The number of nitrogens with zero attached hydrogens (tertiary/aromatic N) is 5. The van der Waals surface area contributed by atoms with Crippen molar-refractivity contribution in [2.45, 2.75) is 39.0 Å². The first-order valence-electron chi connectivity index (χ1n) is 11.7. The molecule has 0 unspecified atom stereocenters. The van der Waals surface area contributed by atoms with Crippen LogP contribution in [0.3, 0.4) is 0 Å². The zero-order valence-corrected chi connectivity index (χ0v) is 21.6. The molecule has 35 heavy (non-hydrogen) atoms. The number of amidine groups is 1. The van der Waals surface area contributed by atoms with Gasteiger partial charge in [-0.15, -0.1) is 0 Å². The van der Waals surface area contributed by atoms with Gasteiger partial charge in [0.1, 0.15) is 5.84 Å². The van der Waals surface area contributed by atoms with Crippen molar-refractivity contribution in [2.75, 3.05) is 38.6 Å². The summed E-state index contributed by atoms with van der Waals surface area (Å²) in [6.45, 7) is 12.2. The lowest BCUT2D eigenvalue weighted by Crippen LogP contribution is -2.18. The second-order valence-corrected chi connectivity index (χ2v) is 8.80. The molecule has 0 fully saturated rings. The minimum Gasteiger partial charge on any atom is -0.332 e. The zero-order chi connectivity index (χ0) is 25.8. The molecular formula is C26H35ClF2N6. The molecule has 9 heteroatoms. The van der Waals surface area contributed by atoms with Gasteiger partial charge >= 0.3 is 0 Å². The predicted octanol–water partition coefficient (Wildman–Crippen LogP) is 6.16. The van der Waals surface area contributed by atoms with E-state index < -0.39 is 11.6 Å². The first-order valence-corrected chi connectivity index (χ1v) is 12.1. The lowest BCUT2D eigenvalue weighted by Gasteiger charge is -2.17. The number of imidazole rings is 1. The Hall–Kier alpha value is -2.84. The topological polar surface area (TPSA) is 59.9 Å². The van der Waals surface area contributed by atoms with Crippen molar-refractivity contribution < 1.29 is 8.78 Å². The summed E-state index contributed by atoms with van der Waals surface area (Å²) in [5.41, 5.74) is 2.60. The van der Waals surface area contributed by atoms with E-state index in [2.05, 4.69) is 44.9 Å². The van der Waals surface area contributed by atoms with Gasteiger partial charge in [-0.05, 0) is 81.5 Å². The first kappa shape index (κ1) is 28.4. The second kappa shape index (κ2) is 14.5. The molecule has 0 atom stereocenters. The van der Waals surface area contributed by atoms with Gasteiger partial charge in [0.05, 0.1) is 12.2 Å². The quantitative estimate of drug-likeness (QED) is 0.376. The molecule has 1 aliphatic heterocycles. The highest BCUT2D eigenvalue weighted by Crippen LogP contribution is 2.22. The van der Waals surface area contributed by atoms with Gasteiger partial charge in [-0.25, -0.2) is 13.8 Å². The van der Waals surface area contributed by atoms with Crippen molar-refractivity contribution in [2.24, 2.45) is 9.98 Å². The fraction of sp³-hybridized carbons (Fsp3) is 0.423. The van der Waals surface area contributed by atoms with E-state index in [1.165, 1.54) is 6.07 Å². The number of nitrogens with one attached hydrogen (secondary N) is 1. The van der Waals surface area contributed by atoms with Crippen molar-refractivity contribution in [1.29, 1.82) is 0 Å². The monoisotopic (exact) mass is 504 g/mol. The number of unbranched alkanes of at least 4 members (excludes halogenated alkanes) is 1. The number of aliphatic imine (C=N–C) groups is 2. The number of anilines is 1. The van der Waals surface area contributed by atoms with Gasteiger partial charge < -0.3 is 14.8 Å². The fourth-order valence-corrected chi connectivity index (χ4v) is 3.60. The van der Waals surface area contributed by atoms with E-state index in [0.717, 1.165) is 62.1 Å². The van der Waals surface area contributed by atoms with E-state index >= 15 is 0 Å². The van der Waals surface area contributed by atoms with Crippen LogP contribution < -0.4 is 4.90 Å². The molecule has 0 aliphatic carbocycles. The number of aromatic amines is 1. The van der Waals surface area contributed by atoms with Crippen LogP contribution in [0.5, 0.6) is 0 Å². The van der Waals surface area contributed by atoms with Gasteiger partial charge in [-0.1, -0.05) is 32.6 Å². The van der Waals surface area contributed by atoms with Crippen molar-refractivity contribution in [3.8, 4) is 0 Å². The summed E-state index contributed by atoms with van der Waals surface area (Å²) < 4.78 is 26.0. The Morgan fingerprint density at radius 2 is 1.91 bits per heavy atom. The van der Waals surface area contributed by atoms with Crippen LogP contribution in [0.15, 0.2) is 47.5 Å². The summed E-state index contributed by atoms with van der Waals surface area (Å²) in [7, 11) is 4.09. The third kappa shape index (κ3) is 9.38. The smallest absolute Gasteiger partial charge is 0.202 e. The van der Waals surface area contributed by atoms with Crippen molar-refractivity contribution in [3.63, 3.8) is 0 Å². The molecule has 1 N–H and O–H groups in total. The van der Waals surface area contributed by atoms with E-state index in [1.807, 2.05) is 19.0 Å². The number of halogens is 3. The Morgan fingerprint density at radius 3 is 2.54 bits per heavy atom. The maximum Gasteiger partial charge on any atom is 0.202 e. The predicted molar refractivity (Wildman–Crippen MR) is 144 cm³/mol. The van der Waals surface area contributed by atoms with Crippen LogP contribution >= 0.6 is 11.6 Å². The highest BCUT2D eigenvalue weighted by Gasteiger charge is 2.13. The number of hydrogen-bond acceptors (Lipinski definition) is 5. The van der Waals surface area contributed by atoms with Crippen LogP contribution in [0.25, 0.3) is 6.08 Å². The van der Waals surface area contributed by atoms with Crippen LogP contribution in [-0.4, -0.2) is 60.1 Å². The molecule has 0 amide bonds. The lowest BCUT2D eigenvalue weighted by atomic mass is 10.1. The summed E-state index contributed by atoms with van der Waals surface area (Å²) in [4.78, 5) is 20.1. The van der Waals surface area contributed by atoms with E-state index in [4.69, 9.17) is 11.6 Å². The van der Waals surface area contributed by atoms with Crippen LogP contribution in [0.4, 0.5) is 14.6 Å². The number of hydrogen-bond donors (Lipinski definition) is 1. The van der Waals surface area contributed by atoms with Gasteiger partial charge in [-0.3, -0.25) is 4.99 Å². The summed E-state index contributed by atoms with van der Waals surface area (Å²) in [5, 5.41) is 0.378. The molecule has 6 nitrogen and oxygen atoms in total. The Bertz CT molecular complexity index is 1040. The standard InChI is InChI=1S/C15H19F2N3.C11H16ClN3/c1-20(2)7-3-4-12-10-18-15(19-12)9-11-5-6-13(16)14(17)8-11;1-4-7-8-15(6-3)10-9(5-2)13-11(12)14-10/h5-6,8H,3-4,7,9-10H2,1-2H3;5-6H,2-4,7-8H2,1H3,(H,13,14). The highest BCUT2D eigenvalue weighted by molar-refractivity contribution is 6.28. The third-order valence-electron chi connectivity index (χ3n) is 5.28. The van der Waals surface area contributed by atoms with Gasteiger partial charge in [0.25, 0.3) is 0 Å². The molecule has 1 aromatic carbocycles. The highest BCUT2D eigenvalue weighted by atomic mass is 35.5. The molecule has 1 aliphatic rings. The lowest BCUT2D eigenvalue weighted by molar-refractivity contribution is 0.403. The molecule has 190 valence electrons. The minimum atomic E-state index is -0.824. The molecule has 0 bridgehead atoms. The molecule has 3 rings (SSSR count). The Labute approximate surface area is 212 Å². The van der Waals surface area contributed by atoms with Crippen LogP contribution in [0, 0.1) is 11.6 Å². The van der Waals surface area contributed by atoms with E-state index in [9.17, 15) is 8.78 Å². The first-order chi connectivity index (χ1) is 16.8. The average Bonchev–Trinajstić information content (AvgIpc) is 3.43. The molecule has 0 spiro atoms. The average molecular weight is 505 g/mol. The molecule has 1 aromatic heterocycles. The molecule has 0 saturated heterocycles. The summed E-state index contributed by atoms with van der Waals surface area (Å²) in [5.74, 6) is -0.152. The molecule has 2 aromatic rings. The summed E-state index contributed by atoms with van der Waals surface area (Å²) in [6.07, 6.45) is 8.13. The van der Waals surface area contributed by atoms with Crippen LogP contribution in [0.1, 0.15) is 43.9 Å². The fourth-order valence-electron chi connectivity index (χ4n) is 3.42. The maximum absolute atomic E-state index is 13.1. The van der Waals surface area contributed by atoms with Crippen molar-refractivity contribution in [3.05, 3.63) is 65.7 Å². The second-order valence-electron chi connectivity index (χ2n) is 8.44. The normalized spacial score (nSPS) is 12.7. The van der Waals surface area contributed by atoms with Gasteiger partial charge in [0, 0.05) is 18.7 Å². The van der Waals surface area contributed by atoms with Crippen molar-refractivity contribution in [1.82, 2.24) is 14.9 Å².